The zero-order chi connectivity index (χ0) is 21.8. The van der Waals surface area contributed by atoms with Crippen molar-refractivity contribution in [2.75, 3.05) is 13.7 Å². The summed E-state index contributed by atoms with van der Waals surface area (Å²) in [6.07, 6.45) is 1.21. The van der Waals surface area contributed by atoms with Crippen molar-refractivity contribution in [3.63, 3.8) is 0 Å². The predicted octanol–water partition coefficient (Wildman–Crippen LogP) is 2.43. The largest absolute Gasteiger partial charge is 0.497 e. The number of hydrogen-bond donors (Lipinski definition) is 2. The summed E-state index contributed by atoms with van der Waals surface area (Å²) in [7, 11) is 1.53. The van der Waals surface area contributed by atoms with Crippen LogP contribution in [0.15, 0.2) is 46.5 Å². The van der Waals surface area contributed by atoms with Crippen LogP contribution in [0, 0.1) is 0 Å². The van der Waals surface area contributed by atoms with Crippen LogP contribution in [0.3, 0.4) is 0 Å². The minimum absolute atomic E-state index is 0.00275. The number of carbonyl (C=O) groups excluding carboxylic acids is 2. The molecule has 2 heterocycles. The van der Waals surface area contributed by atoms with Crippen molar-refractivity contribution in [2.24, 2.45) is 0 Å². The molecular formula is C19H18Cl2N4O5. The van der Waals surface area contributed by atoms with Crippen LogP contribution in [0.25, 0.3) is 0 Å². The molecule has 1 atom stereocenters. The maximum absolute atomic E-state index is 12.8. The molecule has 2 amide bonds. The van der Waals surface area contributed by atoms with E-state index in [1.165, 1.54) is 13.3 Å². The van der Waals surface area contributed by atoms with Crippen molar-refractivity contribution < 1.29 is 19.1 Å². The van der Waals surface area contributed by atoms with Gasteiger partial charge in [0, 0.05) is 0 Å². The Morgan fingerprint density at radius 3 is 2.57 bits per heavy atom. The van der Waals surface area contributed by atoms with Crippen LogP contribution in [0.2, 0.25) is 10.0 Å². The Kier molecular flexibility index (Phi) is 6.63. The van der Waals surface area contributed by atoms with E-state index in [0.29, 0.717) is 11.3 Å². The van der Waals surface area contributed by atoms with Gasteiger partial charge < -0.3 is 20.1 Å². The lowest BCUT2D eigenvalue weighted by Crippen LogP contribution is -2.47. The number of allylic oxidation sites excluding steroid dienone is 1. The number of esters is 1. The Morgan fingerprint density at radius 1 is 1.23 bits per heavy atom. The third kappa shape index (κ3) is 4.42. The molecule has 30 heavy (non-hydrogen) atoms. The summed E-state index contributed by atoms with van der Waals surface area (Å²) in [5.74, 6) is -0.0265. The highest BCUT2D eigenvalue weighted by molar-refractivity contribution is 6.41. The second-order valence-corrected chi connectivity index (χ2v) is 6.97. The standard InChI is InChI=1S/C19H18Cl2N4O5/c1-3-30-18(27)14-13(9-25-17(26)15(21)12(20)8-22-25)23-19(28)24-16(14)10-4-6-11(29-2)7-5-10/h4-8,16H,3,9H2,1-2H3,(H2,23,24,28). The lowest BCUT2D eigenvalue weighted by atomic mass is 9.95. The van der Waals surface area contributed by atoms with Crippen molar-refractivity contribution in [3.05, 3.63) is 67.7 Å². The molecule has 2 N–H and O–H groups in total. The summed E-state index contributed by atoms with van der Waals surface area (Å²) >= 11 is 11.7. The van der Waals surface area contributed by atoms with Gasteiger partial charge >= 0.3 is 12.0 Å². The first-order chi connectivity index (χ1) is 14.3. The van der Waals surface area contributed by atoms with Crippen LogP contribution in [-0.4, -0.2) is 35.5 Å². The summed E-state index contributed by atoms with van der Waals surface area (Å²) in [5, 5.41) is 8.99. The highest BCUT2D eigenvalue weighted by atomic mass is 35.5. The summed E-state index contributed by atoms with van der Waals surface area (Å²) in [6.45, 7) is 1.58. The van der Waals surface area contributed by atoms with Gasteiger partial charge in [-0.05, 0) is 24.6 Å². The first-order valence-electron chi connectivity index (χ1n) is 8.88. The molecule has 1 aromatic carbocycles. The fraction of sp³-hybridized carbons (Fsp3) is 0.263. The van der Waals surface area contributed by atoms with Crippen molar-refractivity contribution >= 4 is 35.2 Å². The molecule has 0 bridgehead atoms. The molecule has 1 aliphatic rings. The number of aromatic nitrogens is 2. The van der Waals surface area contributed by atoms with Crippen LogP contribution in [-0.2, 0) is 16.1 Å². The molecule has 0 fully saturated rings. The average Bonchev–Trinajstić information content (AvgIpc) is 2.74. The monoisotopic (exact) mass is 452 g/mol. The number of benzene rings is 1. The Hall–Kier alpha value is -3.04. The van der Waals surface area contributed by atoms with Gasteiger partial charge in [-0.15, -0.1) is 0 Å². The highest BCUT2D eigenvalue weighted by Gasteiger charge is 2.34. The van der Waals surface area contributed by atoms with E-state index >= 15 is 0 Å². The smallest absolute Gasteiger partial charge is 0.338 e. The van der Waals surface area contributed by atoms with Crippen LogP contribution < -0.4 is 20.9 Å². The number of rotatable bonds is 6. The van der Waals surface area contributed by atoms with Gasteiger partial charge in [0.2, 0.25) is 0 Å². The lowest BCUT2D eigenvalue weighted by Gasteiger charge is -2.29. The predicted molar refractivity (Wildman–Crippen MR) is 110 cm³/mol. The van der Waals surface area contributed by atoms with Gasteiger partial charge in [-0.25, -0.2) is 14.3 Å². The highest BCUT2D eigenvalue weighted by Crippen LogP contribution is 2.29. The number of halogens is 2. The van der Waals surface area contributed by atoms with E-state index in [1.54, 1.807) is 31.2 Å². The van der Waals surface area contributed by atoms with Crippen molar-refractivity contribution in [1.82, 2.24) is 20.4 Å². The molecule has 158 valence electrons. The summed E-state index contributed by atoms with van der Waals surface area (Å²) < 4.78 is 11.3. The van der Waals surface area contributed by atoms with E-state index in [2.05, 4.69) is 15.7 Å². The minimum Gasteiger partial charge on any atom is -0.497 e. The van der Waals surface area contributed by atoms with Crippen LogP contribution in [0.1, 0.15) is 18.5 Å². The topological polar surface area (TPSA) is 112 Å². The molecule has 1 aliphatic heterocycles. The van der Waals surface area contributed by atoms with Gasteiger partial charge in [0.15, 0.2) is 0 Å². The average molecular weight is 453 g/mol. The number of methoxy groups -OCH3 is 1. The van der Waals surface area contributed by atoms with E-state index in [4.69, 9.17) is 32.7 Å². The number of hydrogen-bond acceptors (Lipinski definition) is 6. The molecule has 0 aliphatic carbocycles. The molecular weight excluding hydrogens is 435 g/mol. The SMILES string of the molecule is CCOC(=O)C1=C(Cn2ncc(Cl)c(Cl)c2=O)NC(=O)NC1c1ccc(OC)cc1. The summed E-state index contributed by atoms with van der Waals surface area (Å²) in [5.41, 5.74) is 0.265. The third-order valence-electron chi connectivity index (χ3n) is 4.35. The molecule has 0 radical (unpaired) electrons. The fourth-order valence-corrected chi connectivity index (χ4v) is 3.22. The van der Waals surface area contributed by atoms with Gasteiger partial charge in [-0.3, -0.25) is 4.79 Å². The summed E-state index contributed by atoms with van der Waals surface area (Å²) in [4.78, 5) is 37.5. The molecule has 0 saturated carbocycles. The number of nitrogens with one attached hydrogen (secondary N) is 2. The van der Waals surface area contributed by atoms with E-state index in [9.17, 15) is 14.4 Å². The number of urea groups is 1. The Bertz CT molecular complexity index is 1070. The Balaban J connectivity index is 2.10. The molecule has 11 heteroatoms. The molecule has 1 unspecified atom stereocenters. The first kappa shape index (κ1) is 21.7. The maximum Gasteiger partial charge on any atom is 0.338 e. The van der Waals surface area contributed by atoms with E-state index in [-0.39, 0.29) is 34.5 Å². The van der Waals surface area contributed by atoms with Crippen molar-refractivity contribution in [1.29, 1.82) is 0 Å². The normalized spacial score (nSPS) is 16.0. The van der Waals surface area contributed by atoms with Crippen molar-refractivity contribution in [2.45, 2.75) is 19.5 Å². The van der Waals surface area contributed by atoms with Gasteiger partial charge in [0.25, 0.3) is 5.56 Å². The molecule has 9 nitrogen and oxygen atoms in total. The van der Waals surface area contributed by atoms with Gasteiger partial charge in [-0.2, -0.15) is 5.10 Å². The number of nitrogens with zero attached hydrogens (tertiary/aromatic N) is 2. The minimum atomic E-state index is -0.808. The third-order valence-corrected chi connectivity index (χ3v) is 5.10. The van der Waals surface area contributed by atoms with E-state index in [1.807, 2.05) is 0 Å². The molecule has 0 spiro atoms. The van der Waals surface area contributed by atoms with Gasteiger partial charge in [-0.1, -0.05) is 35.3 Å². The Morgan fingerprint density at radius 2 is 1.93 bits per heavy atom. The summed E-state index contributed by atoms with van der Waals surface area (Å²) in [6, 6.07) is 5.49. The zero-order valence-corrected chi connectivity index (χ0v) is 17.6. The number of ether oxygens (including phenoxy) is 2. The van der Waals surface area contributed by atoms with Gasteiger partial charge in [0.05, 0.1) is 48.8 Å². The first-order valence-corrected chi connectivity index (χ1v) is 9.64. The second kappa shape index (κ2) is 9.19. The maximum atomic E-state index is 12.8. The Labute approximate surface area is 181 Å². The number of carbonyl (C=O) groups is 2. The van der Waals surface area contributed by atoms with Crippen LogP contribution in [0.4, 0.5) is 4.79 Å². The zero-order valence-electron chi connectivity index (χ0n) is 16.1. The molecule has 1 aromatic heterocycles. The molecule has 3 rings (SSSR count). The quantitative estimate of drug-likeness (QED) is 0.650. The molecule has 0 saturated heterocycles. The van der Waals surface area contributed by atoms with E-state index < -0.39 is 23.6 Å². The van der Waals surface area contributed by atoms with Crippen LogP contribution >= 0.6 is 23.2 Å². The van der Waals surface area contributed by atoms with Crippen molar-refractivity contribution in [3.8, 4) is 5.75 Å². The van der Waals surface area contributed by atoms with E-state index in [0.717, 1.165) is 4.68 Å². The lowest BCUT2D eigenvalue weighted by molar-refractivity contribution is -0.139. The second-order valence-electron chi connectivity index (χ2n) is 6.19. The number of amides is 2. The van der Waals surface area contributed by atoms with Gasteiger partial charge in [0.1, 0.15) is 10.8 Å². The fourth-order valence-electron chi connectivity index (χ4n) is 2.95. The molecule has 2 aromatic rings. The van der Waals surface area contributed by atoms with Crippen LogP contribution in [0.5, 0.6) is 5.75 Å².